The largest absolute Gasteiger partial charge is 0.348 e. The number of benzene rings is 2. The number of likely N-dealkylation sites (N-methyl/N-ethyl adjacent to an activating group) is 1. The lowest BCUT2D eigenvalue weighted by molar-refractivity contribution is 0.0951. The van der Waals surface area contributed by atoms with Crippen LogP contribution >= 0.6 is 11.6 Å². The van der Waals surface area contributed by atoms with Crippen molar-refractivity contribution in [3.8, 4) is 0 Å². The number of nitrogens with zero attached hydrogens (tertiary/aromatic N) is 2. The molecule has 3 rings (SSSR count). The van der Waals surface area contributed by atoms with Gasteiger partial charge in [0.05, 0.1) is 15.5 Å². The van der Waals surface area contributed by atoms with E-state index in [4.69, 9.17) is 11.6 Å². The van der Waals surface area contributed by atoms with E-state index in [0.717, 1.165) is 18.7 Å². The van der Waals surface area contributed by atoms with E-state index in [0.29, 0.717) is 30.2 Å². The van der Waals surface area contributed by atoms with Gasteiger partial charge in [0, 0.05) is 32.7 Å². The van der Waals surface area contributed by atoms with Gasteiger partial charge in [-0.3, -0.25) is 4.79 Å². The summed E-state index contributed by atoms with van der Waals surface area (Å²) in [4.78, 5) is 14.6. The molecule has 1 amide bonds. The van der Waals surface area contributed by atoms with Gasteiger partial charge >= 0.3 is 0 Å². The minimum atomic E-state index is -3.48. The van der Waals surface area contributed by atoms with Crippen LogP contribution in [0, 0.1) is 0 Å². The Labute approximate surface area is 164 Å². The maximum absolute atomic E-state index is 12.7. The molecular formula is C19H22ClN3O3S. The van der Waals surface area contributed by atoms with Crippen LogP contribution in [0.15, 0.2) is 53.4 Å². The zero-order valence-electron chi connectivity index (χ0n) is 15.1. The van der Waals surface area contributed by atoms with E-state index in [1.807, 2.05) is 7.05 Å². The van der Waals surface area contributed by atoms with Crippen LogP contribution in [0.5, 0.6) is 0 Å². The normalized spacial score (nSPS) is 16.2. The van der Waals surface area contributed by atoms with Gasteiger partial charge in [0.1, 0.15) is 0 Å². The second-order valence-corrected chi connectivity index (χ2v) is 8.86. The molecular weight excluding hydrogens is 386 g/mol. The molecule has 1 fully saturated rings. The van der Waals surface area contributed by atoms with Crippen LogP contribution in [0.1, 0.15) is 15.9 Å². The highest BCUT2D eigenvalue weighted by atomic mass is 35.5. The molecule has 2 aromatic carbocycles. The molecule has 2 aromatic rings. The summed E-state index contributed by atoms with van der Waals surface area (Å²) < 4.78 is 26.9. The van der Waals surface area contributed by atoms with Crippen LogP contribution in [0.2, 0.25) is 5.02 Å². The Morgan fingerprint density at radius 2 is 1.67 bits per heavy atom. The fraction of sp³-hybridized carbons (Fsp3) is 0.316. The van der Waals surface area contributed by atoms with Crippen molar-refractivity contribution in [3.05, 3.63) is 64.7 Å². The maximum Gasteiger partial charge on any atom is 0.253 e. The van der Waals surface area contributed by atoms with Gasteiger partial charge in [0.25, 0.3) is 5.91 Å². The summed E-state index contributed by atoms with van der Waals surface area (Å²) in [6.07, 6.45) is 0. The molecule has 8 heteroatoms. The number of hydrogen-bond acceptors (Lipinski definition) is 4. The number of sulfonamides is 1. The number of piperazine rings is 1. The Bertz CT molecular complexity index is 908. The van der Waals surface area contributed by atoms with Crippen molar-refractivity contribution in [2.24, 2.45) is 0 Å². The number of amides is 1. The summed E-state index contributed by atoms with van der Waals surface area (Å²) >= 11 is 6.02. The highest BCUT2D eigenvalue weighted by Gasteiger charge is 2.27. The van der Waals surface area contributed by atoms with E-state index in [-0.39, 0.29) is 10.8 Å². The van der Waals surface area contributed by atoms with Crippen LogP contribution in [-0.2, 0) is 16.6 Å². The molecule has 0 atom stereocenters. The van der Waals surface area contributed by atoms with Gasteiger partial charge in [-0.15, -0.1) is 0 Å². The van der Waals surface area contributed by atoms with E-state index in [9.17, 15) is 13.2 Å². The molecule has 1 N–H and O–H groups in total. The van der Waals surface area contributed by atoms with Gasteiger partial charge in [-0.25, -0.2) is 8.42 Å². The van der Waals surface area contributed by atoms with E-state index >= 15 is 0 Å². The van der Waals surface area contributed by atoms with Gasteiger partial charge in [-0.2, -0.15) is 4.31 Å². The SMILES string of the molecule is CN1CCN(S(=O)(=O)c2ccc(CNC(=O)c3ccccc3Cl)cc2)CC1. The fourth-order valence-electron chi connectivity index (χ4n) is 2.88. The molecule has 144 valence electrons. The predicted molar refractivity (Wildman–Crippen MR) is 105 cm³/mol. The maximum atomic E-state index is 12.7. The fourth-order valence-corrected chi connectivity index (χ4v) is 4.52. The van der Waals surface area contributed by atoms with Gasteiger partial charge in [-0.05, 0) is 36.9 Å². The van der Waals surface area contributed by atoms with Crippen LogP contribution in [-0.4, -0.2) is 56.8 Å². The lowest BCUT2D eigenvalue weighted by Crippen LogP contribution is -2.47. The average Bonchev–Trinajstić information content (AvgIpc) is 2.67. The van der Waals surface area contributed by atoms with Crippen molar-refractivity contribution in [1.82, 2.24) is 14.5 Å². The topological polar surface area (TPSA) is 69.7 Å². The smallest absolute Gasteiger partial charge is 0.253 e. The molecule has 0 bridgehead atoms. The number of carbonyl (C=O) groups excluding carboxylic acids is 1. The zero-order valence-corrected chi connectivity index (χ0v) is 16.6. The summed E-state index contributed by atoms with van der Waals surface area (Å²) in [6.45, 7) is 2.73. The molecule has 0 aliphatic carbocycles. The lowest BCUT2D eigenvalue weighted by atomic mass is 10.2. The first-order chi connectivity index (χ1) is 12.9. The molecule has 1 heterocycles. The summed E-state index contributed by atoms with van der Waals surface area (Å²) in [5.41, 5.74) is 1.22. The Hall–Kier alpha value is -1.93. The van der Waals surface area contributed by atoms with Gasteiger partial charge in [0.2, 0.25) is 10.0 Å². The third-order valence-electron chi connectivity index (χ3n) is 4.59. The molecule has 1 aliphatic rings. The van der Waals surface area contributed by atoms with Crippen molar-refractivity contribution in [2.75, 3.05) is 33.2 Å². The summed E-state index contributed by atoms with van der Waals surface area (Å²) in [5.74, 6) is -0.269. The highest BCUT2D eigenvalue weighted by molar-refractivity contribution is 7.89. The van der Waals surface area contributed by atoms with Gasteiger partial charge in [0.15, 0.2) is 0 Å². The monoisotopic (exact) mass is 407 g/mol. The standard InChI is InChI=1S/C19H22ClN3O3S/c1-22-10-12-23(13-11-22)27(25,26)16-8-6-15(7-9-16)14-21-19(24)17-4-2-3-5-18(17)20/h2-9H,10-14H2,1H3,(H,21,24). The van der Waals surface area contributed by atoms with E-state index in [2.05, 4.69) is 10.2 Å². The zero-order chi connectivity index (χ0) is 19.4. The summed E-state index contributed by atoms with van der Waals surface area (Å²) in [6, 6.07) is 13.4. The Morgan fingerprint density at radius 1 is 1.04 bits per heavy atom. The van der Waals surface area contributed by atoms with E-state index < -0.39 is 10.0 Å². The molecule has 0 unspecified atom stereocenters. The van der Waals surface area contributed by atoms with Gasteiger partial charge in [-0.1, -0.05) is 35.9 Å². The number of hydrogen-bond donors (Lipinski definition) is 1. The van der Waals surface area contributed by atoms with Crippen LogP contribution in [0.4, 0.5) is 0 Å². The Balaban J connectivity index is 1.63. The van der Waals surface area contributed by atoms with Crippen molar-refractivity contribution < 1.29 is 13.2 Å². The molecule has 1 aliphatic heterocycles. The quantitative estimate of drug-likeness (QED) is 0.825. The number of nitrogens with one attached hydrogen (secondary N) is 1. The van der Waals surface area contributed by atoms with Gasteiger partial charge < -0.3 is 10.2 Å². The van der Waals surface area contributed by atoms with Crippen molar-refractivity contribution >= 4 is 27.5 Å². The first-order valence-electron chi connectivity index (χ1n) is 8.68. The molecule has 6 nitrogen and oxygen atoms in total. The molecule has 0 radical (unpaired) electrons. The molecule has 27 heavy (non-hydrogen) atoms. The van der Waals surface area contributed by atoms with Crippen LogP contribution in [0.3, 0.4) is 0 Å². The predicted octanol–water partition coefficient (Wildman–Crippen LogP) is 2.21. The highest BCUT2D eigenvalue weighted by Crippen LogP contribution is 2.18. The first kappa shape index (κ1) is 19.8. The molecule has 0 aromatic heterocycles. The summed E-state index contributed by atoms with van der Waals surface area (Å²) in [7, 11) is -1.50. The summed E-state index contributed by atoms with van der Waals surface area (Å²) in [5, 5.41) is 3.19. The number of halogens is 1. The number of rotatable bonds is 5. The minimum Gasteiger partial charge on any atom is -0.348 e. The average molecular weight is 408 g/mol. The van der Waals surface area contributed by atoms with Crippen molar-refractivity contribution in [3.63, 3.8) is 0 Å². The van der Waals surface area contributed by atoms with Crippen LogP contribution in [0.25, 0.3) is 0 Å². The third kappa shape index (κ3) is 4.68. The van der Waals surface area contributed by atoms with Crippen LogP contribution < -0.4 is 5.32 Å². The minimum absolute atomic E-state index is 0.269. The number of carbonyl (C=O) groups is 1. The Kier molecular flexibility index (Phi) is 6.16. The van der Waals surface area contributed by atoms with Crippen molar-refractivity contribution in [1.29, 1.82) is 0 Å². The molecule has 0 saturated carbocycles. The third-order valence-corrected chi connectivity index (χ3v) is 6.84. The van der Waals surface area contributed by atoms with E-state index in [1.54, 1.807) is 48.5 Å². The van der Waals surface area contributed by atoms with Crippen molar-refractivity contribution in [2.45, 2.75) is 11.4 Å². The second kappa shape index (κ2) is 8.39. The molecule has 0 spiro atoms. The Morgan fingerprint density at radius 3 is 2.30 bits per heavy atom. The second-order valence-electron chi connectivity index (χ2n) is 6.51. The lowest BCUT2D eigenvalue weighted by Gasteiger charge is -2.31. The first-order valence-corrected chi connectivity index (χ1v) is 10.5. The van der Waals surface area contributed by atoms with E-state index in [1.165, 1.54) is 4.31 Å². The molecule has 1 saturated heterocycles.